The van der Waals surface area contributed by atoms with Crippen molar-refractivity contribution in [1.82, 2.24) is 4.90 Å². The minimum absolute atomic E-state index is 0.165. The van der Waals surface area contributed by atoms with Crippen LogP contribution in [-0.2, 0) is 9.59 Å². The maximum atomic E-state index is 12.5. The smallest absolute Gasteiger partial charge is 0.294 e. The van der Waals surface area contributed by atoms with Gasteiger partial charge in [-0.2, -0.15) is 0 Å². The van der Waals surface area contributed by atoms with Crippen LogP contribution in [0.25, 0.3) is 6.08 Å². The van der Waals surface area contributed by atoms with Crippen LogP contribution in [0.4, 0.5) is 10.5 Å². The van der Waals surface area contributed by atoms with Crippen molar-refractivity contribution in [3.63, 3.8) is 0 Å². The minimum Gasteiger partial charge on any atom is -0.325 e. The number of hydrogen-bond donors (Lipinski definition) is 1. The van der Waals surface area contributed by atoms with Crippen molar-refractivity contribution in [2.24, 2.45) is 0 Å². The predicted octanol–water partition coefficient (Wildman–Crippen LogP) is 4.98. The molecular formula is C19H14Cl2N2O3S. The van der Waals surface area contributed by atoms with Crippen LogP contribution in [0.1, 0.15) is 11.1 Å². The van der Waals surface area contributed by atoms with Gasteiger partial charge >= 0.3 is 0 Å². The van der Waals surface area contributed by atoms with Crippen LogP contribution in [0.3, 0.4) is 0 Å². The molecule has 0 aromatic heterocycles. The van der Waals surface area contributed by atoms with E-state index in [0.29, 0.717) is 21.3 Å². The molecule has 1 saturated heterocycles. The van der Waals surface area contributed by atoms with E-state index in [1.807, 2.05) is 19.1 Å². The monoisotopic (exact) mass is 420 g/mol. The Morgan fingerprint density at radius 2 is 1.74 bits per heavy atom. The number of hydrogen-bond acceptors (Lipinski definition) is 4. The minimum atomic E-state index is -0.556. The fourth-order valence-electron chi connectivity index (χ4n) is 2.40. The third kappa shape index (κ3) is 4.53. The number of thioether (sulfide) groups is 1. The number of aryl methyl sites for hydroxylation is 1. The van der Waals surface area contributed by atoms with Crippen molar-refractivity contribution in [3.05, 3.63) is 68.5 Å². The summed E-state index contributed by atoms with van der Waals surface area (Å²) in [5.41, 5.74) is 2.11. The number of carbonyl (C=O) groups excluding carboxylic acids is 3. The molecule has 3 rings (SSSR count). The quantitative estimate of drug-likeness (QED) is 0.708. The summed E-state index contributed by atoms with van der Waals surface area (Å²) in [5.74, 6) is -1.02. The maximum absolute atomic E-state index is 12.5. The van der Waals surface area contributed by atoms with Gasteiger partial charge in [-0.25, -0.2) is 0 Å². The molecule has 1 aliphatic heterocycles. The summed E-state index contributed by atoms with van der Waals surface area (Å²) in [6.07, 6.45) is 1.47. The highest BCUT2D eigenvalue weighted by atomic mass is 35.5. The zero-order valence-corrected chi connectivity index (χ0v) is 16.5. The first-order chi connectivity index (χ1) is 12.8. The number of imide groups is 1. The SMILES string of the molecule is Cc1ccc(NC(=O)CN2C(=O)S/C(=C/c3c(Cl)cccc3Cl)C2=O)cc1. The Kier molecular flexibility index (Phi) is 5.89. The molecule has 0 radical (unpaired) electrons. The standard InChI is InChI=1S/C19H14Cl2N2O3S/c1-11-5-7-12(8-6-11)22-17(24)10-23-18(25)16(27-19(23)26)9-13-14(20)3-2-4-15(13)21/h2-9H,10H2,1H3,(H,22,24)/b16-9+. The van der Waals surface area contributed by atoms with Crippen molar-refractivity contribution in [1.29, 1.82) is 0 Å². The van der Waals surface area contributed by atoms with Gasteiger partial charge in [-0.15, -0.1) is 0 Å². The second kappa shape index (κ2) is 8.17. The van der Waals surface area contributed by atoms with Crippen molar-refractivity contribution in [2.45, 2.75) is 6.92 Å². The van der Waals surface area contributed by atoms with E-state index in [-0.39, 0.29) is 11.4 Å². The molecular weight excluding hydrogens is 407 g/mol. The van der Waals surface area contributed by atoms with Gasteiger partial charge in [0.1, 0.15) is 6.54 Å². The number of benzene rings is 2. The summed E-state index contributed by atoms with van der Waals surface area (Å²) in [6.45, 7) is 1.57. The van der Waals surface area contributed by atoms with Gasteiger partial charge in [0.15, 0.2) is 0 Å². The molecule has 0 saturated carbocycles. The van der Waals surface area contributed by atoms with Gasteiger partial charge in [0, 0.05) is 21.3 Å². The van der Waals surface area contributed by atoms with Crippen molar-refractivity contribution >= 4 is 63.8 Å². The molecule has 2 aromatic rings. The first-order valence-electron chi connectivity index (χ1n) is 7.91. The third-order valence-corrected chi connectivity index (χ3v) is 5.35. The molecule has 1 fully saturated rings. The van der Waals surface area contributed by atoms with Crippen LogP contribution in [-0.4, -0.2) is 28.5 Å². The fraction of sp³-hybridized carbons (Fsp3) is 0.105. The molecule has 1 N–H and O–H groups in total. The van der Waals surface area contributed by atoms with Gasteiger partial charge in [-0.1, -0.05) is 47.0 Å². The van der Waals surface area contributed by atoms with Gasteiger partial charge in [0.25, 0.3) is 11.1 Å². The van der Waals surface area contributed by atoms with Crippen molar-refractivity contribution < 1.29 is 14.4 Å². The van der Waals surface area contributed by atoms with Crippen LogP contribution >= 0.6 is 35.0 Å². The van der Waals surface area contributed by atoms with Crippen LogP contribution in [0.15, 0.2) is 47.4 Å². The highest BCUT2D eigenvalue weighted by Gasteiger charge is 2.36. The van der Waals surface area contributed by atoms with E-state index >= 15 is 0 Å². The first kappa shape index (κ1) is 19.5. The average Bonchev–Trinajstić information content (AvgIpc) is 2.88. The molecule has 27 heavy (non-hydrogen) atoms. The molecule has 0 bridgehead atoms. The first-order valence-corrected chi connectivity index (χ1v) is 9.48. The van der Waals surface area contributed by atoms with Gasteiger partial charge in [-0.3, -0.25) is 19.3 Å². The van der Waals surface area contributed by atoms with Crippen molar-refractivity contribution in [3.8, 4) is 0 Å². The lowest BCUT2D eigenvalue weighted by molar-refractivity contribution is -0.127. The molecule has 2 aromatic carbocycles. The Morgan fingerprint density at radius 1 is 1.11 bits per heavy atom. The molecule has 1 aliphatic rings. The Morgan fingerprint density at radius 3 is 2.37 bits per heavy atom. The summed E-state index contributed by atoms with van der Waals surface area (Å²) in [5, 5.41) is 2.88. The fourth-order valence-corrected chi connectivity index (χ4v) is 3.72. The van der Waals surface area contributed by atoms with E-state index in [9.17, 15) is 14.4 Å². The van der Waals surface area contributed by atoms with Crippen LogP contribution < -0.4 is 5.32 Å². The number of amides is 3. The largest absolute Gasteiger partial charge is 0.325 e. The molecule has 1 heterocycles. The maximum Gasteiger partial charge on any atom is 0.294 e. The normalized spacial score (nSPS) is 15.5. The molecule has 0 aliphatic carbocycles. The lowest BCUT2D eigenvalue weighted by Crippen LogP contribution is -2.36. The Labute approximate surface area is 170 Å². The molecule has 8 heteroatoms. The summed E-state index contributed by atoms with van der Waals surface area (Å²) < 4.78 is 0. The average molecular weight is 421 g/mol. The summed E-state index contributed by atoms with van der Waals surface area (Å²) in [7, 11) is 0. The third-order valence-electron chi connectivity index (χ3n) is 3.79. The van der Waals surface area contributed by atoms with Gasteiger partial charge < -0.3 is 5.32 Å². The van der Waals surface area contributed by atoms with Crippen LogP contribution in [0, 0.1) is 6.92 Å². The molecule has 5 nitrogen and oxygen atoms in total. The van der Waals surface area contributed by atoms with Crippen LogP contribution in [0.5, 0.6) is 0 Å². The highest BCUT2D eigenvalue weighted by Crippen LogP contribution is 2.35. The summed E-state index contributed by atoms with van der Waals surface area (Å²) in [6, 6.07) is 12.2. The Bertz CT molecular complexity index is 938. The zero-order chi connectivity index (χ0) is 19.6. The van der Waals surface area contributed by atoms with E-state index in [2.05, 4.69) is 5.32 Å². The van der Waals surface area contributed by atoms with Gasteiger partial charge in [0.05, 0.1) is 4.91 Å². The Balaban J connectivity index is 1.73. The highest BCUT2D eigenvalue weighted by molar-refractivity contribution is 8.18. The molecule has 138 valence electrons. The van der Waals surface area contributed by atoms with Gasteiger partial charge in [-0.05, 0) is 49.0 Å². The number of nitrogens with one attached hydrogen (secondary N) is 1. The molecule has 3 amide bonds. The number of halogens is 2. The Hall–Kier alpha value is -2.28. The van der Waals surface area contributed by atoms with E-state index in [4.69, 9.17) is 23.2 Å². The summed E-state index contributed by atoms with van der Waals surface area (Å²) >= 11 is 12.9. The lowest BCUT2D eigenvalue weighted by Gasteiger charge is -2.12. The van der Waals surface area contributed by atoms with Crippen molar-refractivity contribution in [2.75, 3.05) is 11.9 Å². The molecule has 0 unspecified atom stereocenters. The molecule has 0 spiro atoms. The van der Waals surface area contributed by atoms with E-state index in [1.54, 1.807) is 30.3 Å². The number of rotatable bonds is 4. The zero-order valence-electron chi connectivity index (χ0n) is 14.2. The van der Waals surface area contributed by atoms with Gasteiger partial charge in [0.2, 0.25) is 5.91 Å². The second-order valence-electron chi connectivity index (χ2n) is 5.82. The molecule has 0 atom stereocenters. The predicted molar refractivity (Wildman–Crippen MR) is 109 cm³/mol. The second-order valence-corrected chi connectivity index (χ2v) is 7.62. The topological polar surface area (TPSA) is 66.5 Å². The number of anilines is 1. The number of carbonyl (C=O) groups is 3. The van der Waals surface area contributed by atoms with E-state index < -0.39 is 17.1 Å². The van der Waals surface area contributed by atoms with Crippen LogP contribution in [0.2, 0.25) is 10.0 Å². The lowest BCUT2D eigenvalue weighted by atomic mass is 10.2. The number of nitrogens with zero attached hydrogens (tertiary/aromatic N) is 1. The van der Waals surface area contributed by atoms with E-state index in [1.165, 1.54) is 6.08 Å². The van der Waals surface area contributed by atoms with E-state index in [0.717, 1.165) is 22.2 Å². The summed E-state index contributed by atoms with van der Waals surface area (Å²) in [4.78, 5) is 37.9.